The Morgan fingerprint density at radius 1 is 1.05 bits per heavy atom. The number of benzene rings is 1. The number of aryl methyl sites for hydroxylation is 3. The molecule has 1 heterocycles. The maximum absolute atomic E-state index is 3.51. The molecule has 0 atom stereocenters. The molecule has 1 N–H and O–H groups in total. The van der Waals surface area contributed by atoms with E-state index >= 15 is 0 Å². The van der Waals surface area contributed by atoms with Crippen molar-refractivity contribution in [3.8, 4) is 0 Å². The normalized spacial score (nSPS) is 10.9. The van der Waals surface area contributed by atoms with Gasteiger partial charge in [0.15, 0.2) is 0 Å². The van der Waals surface area contributed by atoms with Gasteiger partial charge in [-0.05, 0) is 61.0 Å². The highest BCUT2D eigenvalue weighted by Crippen LogP contribution is 2.20. The number of nitrogens with one attached hydrogen (secondary N) is 1. The fourth-order valence-corrected chi connectivity index (χ4v) is 3.61. The second-order valence-corrected chi connectivity index (χ2v) is 6.97. The first-order valence-corrected chi connectivity index (χ1v) is 8.47. The van der Waals surface area contributed by atoms with E-state index in [1.54, 1.807) is 0 Å². The van der Waals surface area contributed by atoms with E-state index in [0.717, 1.165) is 18.8 Å². The van der Waals surface area contributed by atoms with E-state index in [9.17, 15) is 0 Å². The number of hydrogen-bond acceptors (Lipinski definition) is 3. The van der Waals surface area contributed by atoms with Gasteiger partial charge in [-0.1, -0.05) is 6.07 Å². The van der Waals surface area contributed by atoms with Crippen molar-refractivity contribution in [3.05, 3.63) is 51.2 Å². The highest BCUT2D eigenvalue weighted by Gasteiger charge is 2.00. The maximum Gasteiger partial charge on any atom is 0.0302 e. The highest BCUT2D eigenvalue weighted by molar-refractivity contribution is 7.99. The molecule has 2 aromatic rings. The van der Waals surface area contributed by atoms with Gasteiger partial charge in [-0.25, -0.2) is 0 Å². The van der Waals surface area contributed by atoms with Crippen LogP contribution in [-0.2, 0) is 6.54 Å². The average molecular weight is 291 g/mol. The molecule has 1 aromatic heterocycles. The molecule has 0 aliphatic carbocycles. The molecule has 0 bridgehead atoms. The van der Waals surface area contributed by atoms with Crippen LogP contribution < -0.4 is 5.32 Å². The van der Waals surface area contributed by atoms with Gasteiger partial charge in [0.25, 0.3) is 0 Å². The second-order valence-electron chi connectivity index (χ2n) is 4.80. The van der Waals surface area contributed by atoms with Crippen LogP contribution in [0.3, 0.4) is 0 Å². The van der Waals surface area contributed by atoms with Gasteiger partial charge in [0.05, 0.1) is 0 Å². The van der Waals surface area contributed by atoms with Gasteiger partial charge in [-0.2, -0.15) is 0 Å². The molecular formula is C16H21NS2. The summed E-state index contributed by atoms with van der Waals surface area (Å²) in [5.74, 6) is 1.12. The first-order valence-electron chi connectivity index (χ1n) is 6.60. The third kappa shape index (κ3) is 4.37. The molecule has 3 heteroatoms. The zero-order chi connectivity index (χ0) is 13.7. The number of hydrogen-bond donors (Lipinski definition) is 1. The van der Waals surface area contributed by atoms with E-state index in [0.29, 0.717) is 0 Å². The van der Waals surface area contributed by atoms with Crippen molar-refractivity contribution in [2.45, 2.75) is 32.2 Å². The van der Waals surface area contributed by atoms with Gasteiger partial charge >= 0.3 is 0 Å². The number of thioether (sulfide) groups is 1. The van der Waals surface area contributed by atoms with Crippen molar-refractivity contribution in [2.24, 2.45) is 0 Å². The van der Waals surface area contributed by atoms with Gasteiger partial charge < -0.3 is 5.32 Å². The van der Waals surface area contributed by atoms with Crippen LogP contribution in [0.4, 0.5) is 0 Å². The van der Waals surface area contributed by atoms with Crippen molar-refractivity contribution in [1.82, 2.24) is 5.32 Å². The molecule has 0 saturated carbocycles. The molecule has 0 fully saturated rings. The van der Waals surface area contributed by atoms with Crippen molar-refractivity contribution in [2.75, 3.05) is 12.3 Å². The molecule has 0 radical (unpaired) electrons. The van der Waals surface area contributed by atoms with Crippen molar-refractivity contribution < 1.29 is 0 Å². The minimum atomic E-state index is 0.997. The Labute approximate surface area is 124 Å². The second kappa shape index (κ2) is 7.13. The molecule has 19 heavy (non-hydrogen) atoms. The van der Waals surface area contributed by atoms with E-state index in [4.69, 9.17) is 0 Å². The minimum Gasteiger partial charge on any atom is -0.311 e. The lowest BCUT2D eigenvalue weighted by atomic mass is 10.1. The molecule has 0 amide bonds. The van der Waals surface area contributed by atoms with Crippen LogP contribution in [0.25, 0.3) is 0 Å². The fourth-order valence-electron chi connectivity index (χ4n) is 1.83. The monoisotopic (exact) mass is 291 g/mol. The van der Waals surface area contributed by atoms with E-state index in [2.05, 4.69) is 55.7 Å². The first kappa shape index (κ1) is 14.6. The Kier molecular flexibility index (Phi) is 5.49. The Hall–Kier alpha value is -0.770. The topological polar surface area (TPSA) is 12.0 Å². The summed E-state index contributed by atoms with van der Waals surface area (Å²) in [5, 5.41) is 5.68. The van der Waals surface area contributed by atoms with E-state index in [1.807, 2.05) is 23.1 Å². The molecule has 1 aromatic carbocycles. The van der Waals surface area contributed by atoms with Crippen LogP contribution in [-0.4, -0.2) is 12.3 Å². The van der Waals surface area contributed by atoms with Crippen LogP contribution in [0.1, 0.15) is 21.6 Å². The SMILES string of the molecule is Cc1ccc(SCCNCc2sccc2C)cc1C. The van der Waals surface area contributed by atoms with Gasteiger partial charge in [0, 0.05) is 28.6 Å². The molecular weight excluding hydrogens is 270 g/mol. The van der Waals surface area contributed by atoms with Crippen LogP contribution in [0.5, 0.6) is 0 Å². The fraction of sp³-hybridized carbons (Fsp3) is 0.375. The summed E-state index contributed by atoms with van der Waals surface area (Å²) in [5.41, 5.74) is 4.15. The van der Waals surface area contributed by atoms with Gasteiger partial charge in [0.2, 0.25) is 0 Å². The zero-order valence-electron chi connectivity index (χ0n) is 11.8. The third-order valence-corrected chi connectivity index (χ3v) is 5.30. The Balaban J connectivity index is 1.69. The predicted molar refractivity (Wildman–Crippen MR) is 87.4 cm³/mol. The molecule has 2 rings (SSSR count). The quantitative estimate of drug-likeness (QED) is 0.619. The van der Waals surface area contributed by atoms with E-state index in [-0.39, 0.29) is 0 Å². The van der Waals surface area contributed by atoms with Crippen LogP contribution in [0.2, 0.25) is 0 Å². The van der Waals surface area contributed by atoms with Crippen LogP contribution in [0, 0.1) is 20.8 Å². The van der Waals surface area contributed by atoms with Gasteiger partial charge in [0.1, 0.15) is 0 Å². The summed E-state index contributed by atoms with van der Waals surface area (Å²) in [6.07, 6.45) is 0. The maximum atomic E-state index is 3.51. The van der Waals surface area contributed by atoms with Crippen LogP contribution in [0.15, 0.2) is 34.5 Å². The van der Waals surface area contributed by atoms with E-state index < -0.39 is 0 Å². The summed E-state index contributed by atoms with van der Waals surface area (Å²) in [6.45, 7) is 8.56. The number of rotatable bonds is 6. The molecule has 1 nitrogen and oxygen atoms in total. The summed E-state index contributed by atoms with van der Waals surface area (Å²) >= 11 is 3.76. The summed E-state index contributed by atoms with van der Waals surface area (Å²) in [4.78, 5) is 2.83. The molecule has 0 saturated heterocycles. The summed E-state index contributed by atoms with van der Waals surface area (Å²) in [6, 6.07) is 8.89. The minimum absolute atomic E-state index is 0.997. The first-order chi connectivity index (χ1) is 9.16. The lowest BCUT2D eigenvalue weighted by Gasteiger charge is -2.06. The van der Waals surface area contributed by atoms with E-state index in [1.165, 1.54) is 26.5 Å². The largest absolute Gasteiger partial charge is 0.311 e. The Morgan fingerprint density at radius 3 is 2.58 bits per heavy atom. The van der Waals surface area contributed by atoms with Crippen molar-refractivity contribution in [3.63, 3.8) is 0 Å². The third-order valence-electron chi connectivity index (χ3n) is 3.28. The molecule has 0 unspecified atom stereocenters. The van der Waals surface area contributed by atoms with Crippen molar-refractivity contribution in [1.29, 1.82) is 0 Å². The van der Waals surface area contributed by atoms with Gasteiger partial charge in [-0.3, -0.25) is 0 Å². The van der Waals surface area contributed by atoms with Gasteiger partial charge in [-0.15, -0.1) is 23.1 Å². The standard InChI is InChI=1S/C16H21NS2/c1-12-4-5-15(10-14(12)3)18-9-7-17-11-16-13(2)6-8-19-16/h4-6,8,10,17H,7,9,11H2,1-3H3. The Bertz CT molecular complexity index is 531. The average Bonchev–Trinajstić information content (AvgIpc) is 2.79. The molecule has 102 valence electrons. The number of thiophene rings is 1. The van der Waals surface area contributed by atoms with Crippen LogP contribution >= 0.6 is 23.1 Å². The zero-order valence-corrected chi connectivity index (χ0v) is 13.5. The summed E-state index contributed by atoms with van der Waals surface area (Å²) in [7, 11) is 0. The lowest BCUT2D eigenvalue weighted by Crippen LogP contribution is -2.16. The van der Waals surface area contributed by atoms with Crippen molar-refractivity contribution >= 4 is 23.1 Å². The lowest BCUT2D eigenvalue weighted by molar-refractivity contribution is 0.738. The molecule has 0 aliphatic rings. The smallest absolute Gasteiger partial charge is 0.0302 e. The summed E-state index contributed by atoms with van der Waals surface area (Å²) < 4.78 is 0. The Morgan fingerprint density at radius 2 is 1.89 bits per heavy atom. The molecule has 0 aliphatic heterocycles. The molecule has 0 spiro atoms. The predicted octanol–water partition coefficient (Wildman–Crippen LogP) is 4.56. The highest BCUT2D eigenvalue weighted by atomic mass is 32.2.